The standard InChI is InChI=1S/C15H19N3O3/c19-13(9-12-3-1-6-16-10-12)18-7-2-4-15(5-8-18)11-17-14(20)21-15/h1,3,6,10H,2,4-5,7-9,11H2,(H,17,20)/t15-/m1/s1. The number of carbonyl (C=O) groups is 2. The monoisotopic (exact) mass is 289 g/mol. The number of nitrogens with zero attached hydrogens (tertiary/aromatic N) is 2. The fourth-order valence-corrected chi connectivity index (χ4v) is 2.99. The Bertz CT molecular complexity index is 534. The van der Waals surface area contributed by atoms with Crippen molar-refractivity contribution in [3.8, 4) is 0 Å². The normalized spacial score (nSPS) is 25.3. The summed E-state index contributed by atoms with van der Waals surface area (Å²) in [7, 11) is 0. The van der Waals surface area contributed by atoms with Gasteiger partial charge in [0.2, 0.25) is 5.91 Å². The largest absolute Gasteiger partial charge is 0.441 e. The van der Waals surface area contributed by atoms with Crippen LogP contribution in [0, 0.1) is 0 Å². The van der Waals surface area contributed by atoms with Crippen LogP contribution in [0.5, 0.6) is 0 Å². The van der Waals surface area contributed by atoms with Crippen LogP contribution in [0.25, 0.3) is 0 Å². The molecule has 2 aliphatic heterocycles. The number of pyridine rings is 1. The summed E-state index contributed by atoms with van der Waals surface area (Å²) in [5.74, 6) is 0.109. The zero-order valence-electron chi connectivity index (χ0n) is 11.9. The van der Waals surface area contributed by atoms with Gasteiger partial charge in [0, 0.05) is 31.9 Å². The molecular formula is C15H19N3O3. The van der Waals surface area contributed by atoms with Crippen LogP contribution in [-0.2, 0) is 16.0 Å². The maximum atomic E-state index is 12.4. The summed E-state index contributed by atoms with van der Waals surface area (Å²) >= 11 is 0. The number of aromatic nitrogens is 1. The van der Waals surface area contributed by atoms with E-state index >= 15 is 0 Å². The lowest BCUT2D eigenvalue weighted by atomic mass is 9.95. The summed E-state index contributed by atoms with van der Waals surface area (Å²) < 4.78 is 5.42. The van der Waals surface area contributed by atoms with Crippen molar-refractivity contribution in [3.05, 3.63) is 30.1 Å². The minimum atomic E-state index is -0.416. The van der Waals surface area contributed by atoms with E-state index in [0.29, 0.717) is 25.9 Å². The second kappa shape index (κ2) is 5.71. The van der Waals surface area contributed by atoms with Crippen LogP contribution in [0.3, 0.4) is 0 Å². The number of carbonyl (C=O) groups excluding carboxylic acids is 2. The number of rotatable bonds is 2. The van der Waals surface area contributed by atoms with Gasteiger partial charge < -0.3 is 15.0 Å². The molecule has 0 aliphatic carbocycles. The van der Waals surface area contributed by atoms with Crippen molar-refractivity contribution in [2.45, 2.75) is 31.3 Å². The van der Waals surface area contributed by atoms with E-state index in [-0.39, 0.29) is 12.0 Å². The molecule has 1 spiro atoms. The molecule has 1 aromatic heterocycles. The molecule has 6 heteroatoms. The molecule has 1 atom stereocenters. The van der Waals surface area contributed by atoms with Crippen molar-refractivity contribution >= 4 is 12.0 Å². The first-order valence-corrected chi connectivity index (χ1v) is 7.30. The van der Waals surface area contributed by atoms with Crippen LogP contribution in [0.1, 0.15) is 24.8 Å². The Morgan fingerprint density at radius 1 is 1.43 bits per heavy atom. The van der Waals surface area contributed by atoms with E-state index in [2.05, 4.69) is 10.3 Å². The van der Waals surface area contributed by atoms with Gasteiger partial charge in [-0.05, 0) is 24.5 Å². The number of ether oxygens (including phenoxy) is 1. The molecule has 2 saturated heterocycles. The minimum Gasteiger partial charge on any atom is -0.441 e. The molecule has 0 unspecified atom stereocenters. The summed E-state index contributed by atoms with van der Waals surface area (Å²) in [6.07, 6.45) is 5.81. The number of nitrogens with one attached hydrogen (secondary N) is 1. The SMILES string of the molecule is O=C1NC[C@]2(CCCN(C(=O)Cc3cccnc3)CC2)O1. The molecule has 0 aromatic carbocycles. The molecule has 3 heterocycles. The topological polar surface area (TPSA) is 71.5 Å². The number of amides is 2. The van der Waals surface area contributed by atoms with Gasteiger partial charge in [-0.15, -0.1) is 0 Å². The molecule has 6 nitrogen and oxygen atoms in total. The molecular weight excluding hydrogens is 270 g/mol. The molecule has 0 radical (unpaired) electrons. The van der Waals surface area contributed by atoms with Crippen molar-refractivity contribution in [3.63, 3.8) is 0 Å². The van der Waals surface area contributed by atoms with Gasteiger partial charge in [0.15, 0.2) is 0 Å². The minimum absolute atomic E-state index is 0.109. The number of alkyl carbamates (subject to hydrolysis) is 1. The van der Waals surface area contributed by atoms with Crippen LogP contribution in [0.4, 0.5) is 4.79 Å². The zero-order chi connectivity index (χ0) is 14.7. The van der Waals surface area contributed by atoms with Crippen molar-refractivity contribution < 1.29 is 14.3 Å². The molecule has 2 fully saturated rings. The van der Waals surface area contributed by atoms with Gasteiger partial charge in [-0.2, -0.15) is 0 Å². The predicted molar refractivity (Wildman–Crippen MR) is 75.6 cm³/mol. The fourth-order valence-electron chi connectivity index (χ4n) is 2.99. The van der Waals surface area contributed by atoms with E-state index in [0.717, 1.165) is 24.9 Å². The highest BCUT2D eigenvalue weighted by Gasteiger charge is 2.41. The second-order valence-electron chi connectivity index (χ2n) is 5.70. The van der Waals surface area contributed by atoms with Crippen molar-refractivity contribution in [2.24, 2.45) is 0 Å². The lowest BCUT2D eigenvalue weighted by Gasteiger charge is -2.25. The Morgan fingerprint density at radius 3 is 3.05 bits per heavy atom. The van der Waals surface area contributed by atoms with E-state index in [4.69, 9.17) is 4.74 Å². The highest BCUT2D eigenvalue weighted by molar-refractivity contribution is 5.78. The van der Waals surface area contributed by atoms with Crippen molar-refractivity contribution in [1.29, 1.82) is 0 Å². The first-order chi connectivity index (χ1) is 10.2. The zero-order valence-corrected chi connectivity index (χ0v) is 11.9. The molecule has 21 heavy (non-hydrogen) atoms. The Labute approximate surface area is 123 Å². The molecule has 3 rings (SSSR count). The summed E-state index contributed by atoms with van der Waals surface area (Å²) in [4.78, 5) is 29.5. The van der Waals surface area contributed by atoms with E-state index in [1.54, 1.807) is 12.4 Å². The highest BCUT2D eigenvalue weighted by atomic mass is 16.6. The van der Waals surface area contributed by atoms with Crippen LogP contribution in [0.2, 0.25) is 0 Å². The third-order valence-electron chi connectivity index (χ3n) is 4.19. The Hall–Kier alpha value is -2.11. The molecule has 0 saturated carbocycles. The lowest BCUT2D eigenvalue weighted by Crippen LogP contribution is -2.37. The second-order valence-corrected chi connectivity index (χ2v) is 5.70. The Kier molecular flexibility index (Phi) is 3.77. The predicted octanol–water partition coefficient (Wildman–Crippen LogP) is 1.12. The van der Waals surface area contributed by atoms with E-state index in [1.807, 2.05) is 17.0 Å². The van der Waals surface area contributed by atoms with Gasteiger partial charge in [-0.1, -0.05) is 6.07 Å². The molecule has 1 N–H and O–H groups in total. The third kappa shape index (κ3) is 3.15. The third-order valence-corrected chi connectivity index (χ3v) is 4.19. The maximum absolute atomic E-state index is 12.4. The molecule has 0 bridgehead atoms. The smallest absolute Gasteiger partial charge is 0.407 e. The van der Waals surface area contributed by atoms with Gasteiger partial charge in [0.05, 0.1) is 13.0 Å². The Morgan fingerprint density at radius 2 is 2.33 bits per heavy atom. The number of hydrogen-bond donors (Lipinski definition) is 1. The summed E-state index contributed by atoms with van der Waals surface area (Å²) in [6.45, 7) is 1.91. The average Bonchev–Trinajstić information content (AvgIpc) is 2.72. The van der Waals surface area contributed by atoms with Crippen molar-refractivity contribution in [1.82, 2.24) is 15.2 Å². The summed E-state index contributed by atoms with van der Waals surface area (Å²) in [5.41, 5.74) is 0.510. The van der Waals surface area contributed by atoms with Crippen molar-refractivity contribution in [2.75, 3.05) is 19.6 Å². The van der Waals surface area contributed by atoms with Crippen LogP contribution < -0.4 is 5.32 Å². The molecule has 2 amide bonds. The first kappa shape index (κ1) is 13.9. The quantitative estimate of drug-likeness (QED) is 0.885. The number of hydrogen-bond acceptors (Lipinski definition) is 4. The number of likely N-dealkylation sites (tertiary alicyclic amines) is 1. The Balaban J connectivity index is 1.60. The molecule has 112 valence electrons. The van der Waals surface area contributed by atoms with Crippen LogP contribution in [-0.4, -0.2) is 47.1 Å². The van der Waals surface area contributed by atoms with Gasteiger partial charge >= 0.3 is 6.09 Å². The molecule has 2 aliphatic rings. The van der Waals surface area contributed by atoms with E-state index < -0.39 is 5.60 Å². The van der Waals surface area contributed by atoms with Crippen LogP contribution in [0.15, 0.2) is 24.5 Å². The maximum Gasteiger partial charge on any atom is 0.407 e. The molecule has 1 aromatic rings. The highest BCUT2D eigenvalue weighted by Crippen LogP contribution is 2.29. The average molecular weight is 289 g/mol. The first-order valence-electron chi connectivity index (χ1n) is 7.30. The van der Waals surface area contributed by atoms with Gasteiger partial charge in [-0.3, -0.25) is 9.78 Å². The van der Waals surface area contributed by atoms with Gasteiger partial charge in [-0.25, -0.2) is 4.79 Å². The van der Waals surface area contributed by atoms with E-state index in [9.17, 15) is 9.59 Å². The lowest BCUT2D eigenvalue weighted by molar-refractivity contribution is -0.130. The van der Waals surface area contributed by atoms with Gasteiger partial charge in [0.1, 0.15) is 5.60 Å². The van der Waals surface area contributed by atoms with E-state index in [1.165, 1.54) is 0 Å². The summed E-state index contributed by atoms with van der Waals surface area (Å²) in [6, 6.07) is 3.75. The summed E-state index contributed by atoms with van der Waals surface area (Å²) in [5, 5.41) is 2.72. The fraction of sp³-hybridized carbons (Fsp3) is 0.533. The van der Waals surface area contributed by atoms with Crippen LogP contribution >= 0.6 is 0 Å². The van der Waals surface area contributed by atoms with Gasteiger partial charge in [0.25, 0.3) is 0 Å².